The standard InChI is InChI=1S/C23H26N4O/c1-16-8-6-7-11-20(16)22-21(15-27(25-22)19-9-4-3-5-10-19)23(28)26-14-18(13-24)12-17(26)2/h3-11,15,17-18H,12-14,24H2,1-2H3. The average Bonchev–Trinajstić information content (AvgIpc) is 3.32. The highest BCUT2D eigenvalue weighted by atomic mass is 16.2. The Morgan fingerprint density at radius 2 is 1.86 bits per heavy atom. The normalized spacial score (nSPS) is 19.2. The Morgan fingerprint density at radius 3 is 2.54 bits per heavy atom. The minimum atomic E-state index is 0.0314. The van der Waals surface area contributed by atoms with Gasteiger partial charge >= 0.3 is 0 Å². The Morgan fingerprint density at radius 1 is 1.14 bits per heavy atom. The van der Waals surface area contributed by atoms with Crippen LogP contribution in [-0.2, 0) is 0 Å². The number of rotatable bonds is 4. The van der Waals surface area contributed by atoms with Crippen molar-refractivity contribution in [3.63, 3.8) is 0 Å². The highest BCUT2D eigenvalue weighted by Gasteiger charge is 2.34. The summed E-state index contributed by atoms with van der Waals surface area (Å²) in [6.07, 6.45) is 2.82. The number of benzene rings is 2. The number of aromatic nitrogens is 2. The van der Waals surface area contributed by atoms with Gasteiger partial charge in [-0.3, -0.25) is 4.79 Å². The summed E-state index contributed by atoms with van der Waals surface area (Å²) in [6.45, 7) is 5.47. The summed E-state index contributed by atoms with van der Waals surface area (Å²) in [7, 11) is 0. The van der Waals surface area contributed by atoms with Gasteiger partial charge in [-0.25, -0.2) is 4.68 Å². The topological polar surface area (TPSA) is 64.2 Å². The van der Waals surface area contributed by atoms with Crippen LogP contribution < -0.4 is 5.73 Å². The van der Waals surface area contributed by atoms with Gasteiger partial charge in [-0.15, -0.1) is 0 Å². The fraction of sp³-hybridized carbons (Fsp3) is 0.304. The van der Waals surface area contributed by atoms with E-state index in [9.17, 15) is 4.79 Å². The van der Waals surface area contributed by atoms with Crippen LogP contribution in [-0.4, -0.2) is 39.7 Å². The zero-order chi connectivity index (χ0) is 19.7. The number of carbonyl (C=O) groups excluding carboxylic acids is 1. The van der Waals surface area contributed by atoms with E-state index in [4.69, 9.17) is 10.8 Å². The van der Waals surface area contributed by atoms with Gasteiger partial charge in [0.15, 0.2) is 0 Å². The third-order valence-corrected chi connectivity index (χ3v) is 5.62. The molecular weight excluding hydrogens is 348 g/mol. The van der Waals surface area contributed by atoms with Gasteiger partial charge < -0.3 is 10.6 Å². The first kappa shape index (κ1) is 18.4. The summed E-state index contributed by atoms with van der Waals surface area (Å²) < 4.78 is 1.80. The van der Waals surface area contributed by atoms with Gasteiger partial charge in [0.25, 0.3) is 5.91 Å². The lowest BCUT2D eigenvalue weighted by molar-refractivity contribution is 0.0744. The molecule has 28 heavy (non-hydrogen) atoms. The van der Waals surface area contributed by atoms with E-state index in [1.807, 2.05) is 72.6 Å². The van der Waals surface area contributed by atoms with Crippen LogP contribution in [0.15, 0.2) is 60.8 Å². The van der Waals surface area contributed by atoms with E-state index < -0.39 is 0 Å². The number of hydrogen-bond acceptors (Lipinski definition) is 3. The maximum atomic E-state index is 13.5. The molecule has 1 aliphatic rings. The molecule has 144 valence electrons. The Balaban J connectivity index is 1.80. The summed E-state index contributed by atoms with van der Waals surface area (Å²) in [5, 5.41) is 4.81. The number of aryl methyl sites for hydroxylation is 1. The number of nitrogens with two attached hydrogens (primary N) is 1. The van der Waals surface area contributed by atoms with E-state index in [1.54, 1.807) is 4.68 Å². The summed E-state index contributed by atoms with van der Waals surface area (Å²) >= 11 is 0. The highest BCUT2D eigenvalue weighted by Crippen LogP contribution is 2.30. The quantitative estimate of drug-likeness (QED) is 0.758. The SMILES string of the molecule is Cc1ccccc1-c1nn(-c2ccccc2)cc1C(=O)N1CC(CN)CC1C. The van der Waals surface area contributed by atoms with Crippen molar-refractivity contribution >= 4 is 5.91 Å². The number of hydrogen-bond donors (Lipinski definition) is 1. The number of likely N-dealkylation sites (tertiary alicyclic amines) is 1. The van der Waals surface area contributed by atoms with E-state index in [0.29, 0.717) is 24.6 Å². The molecule has 2 aromatic carbocycles. The first-order valence-corrected chi connectivity index (χ1v) is 9.80. The van der Waals surface area contributed by atoms with Crippen molar-refractivity contribution in [2.45, 2.75) is 26.3 Å². The smallest absolute Gasteiger partial charge is 0.257 e. The van der Waals surface area contributed by atoms with Crippen LogP contribution in [0.1, 0.15) is 29.3 Å². The molecular formula is C23H26N4O. The second kappa shape index (κ2) is 7.60. The molecule has 1 aromatic heterocycles. The molecule has 2 unspecified atom stereocenters. The molecule has 2 heterocycles. The minimum Gasteiger partial charge on any atom is -0.335 e. The van der Waals surface area contributed by atoms with Crippen LogP contribution in [0.5, 0.6) is 0 Å². The van der Waals surface area contributed by atoms with Gasteiger partial charge in [0, 0.05) is 24.3 Å². The molecule has 5 heteroatoms. The summed E-state index contributed by atoms with van der Waals surface area (Å²) in [5.41, 5.74) is 10.3. The number of nitrogens with zero attached hydrogens (tertiary/aromatic N) is 3. The van der Waals surface area contributed by atoms with Crippen molar-refractivity contribution < 1.29 is 4.79 Å². The first-order valence-electron chi connectivity index (χ1n) is 9.80. The van der Waals surface area contributed by atoms with Crippen molar-refractivity contribution in [2.24, 2.45) is 11.7 Å². The number of carbonyl (C=O) groups is 1. The van der Waals surface area contributed by atoms with E-state index in [-0.39, 0.29) is 11.9 Å². The van der Waals surface area contributed by atoms with Crippen molar-refractivity contribution in [3.05, 3.63) is 71.9 Å². The maximum Gasteiger partial charge on any atom is 0.257 e. The van der Waals surface area contributed by atoms with E-state index in [1.165, 1.54) is 0 Å². The van der Waals surface area contributed by atoms with Gasteiger partial charge in [-0.1, -0.05) is 42.5 Å². The zero-order valence-corrected chi connectivity index (χ0v) is 16.4. The predicted molar refractivity (Wildman–Crippen MR) is 111 cm³/mol. The predicted octanol–water partition coefficient (Wildman–Crippen LogP) is 3.66. The summed E-state index contributed by atoms with van der Waals surface area (Å²) in [6, 6.07) is 18.2. The van der Waals surface area contributed by atoms with Crippen molar-refractivity contribution in [2.75, 3.05) is 13.1 Å². The number of amides is 1. The van der Waals surface area contributed by atoms with Crippen molar-refractivity contribution in [1.82, 2.24) is 14.7 Å². The van der Waals surface area contributed by atoms with Crippen LogP contribution >= 0.6 is 0 Å². The zero-order valence-electron chi connectivity index (χ0n) is 16.4. The molecule has 0 spiro atoms. The lowest BCUT2D eigenvalue weighted by atomic mass is 10.0. The molecule has 5 nitrogen and oxygen atoms in total. The molecule has 0 aliphatic carbocycles. The molecule has 0 radical (unpaired) electrons. The van der Waals surface area contributed by atoms with Crippen LogP contribution in [0.2, 0.25) is 0 Å². The molecule has 0 bridgehead atoms. The van der Waals surface area contributed by atoms with Gasteiger partial charge in [0.05, 0.1) is 11.3 Å². The van der Waals surface area contributed by atoms with Gasteiger partial charge in [-0.2, -0.15) is 5.10 Å². The second-order valence-electron chi connectivity index (χ2n) is 7.63. The van der Waals surface area contributed by atoms with Crippen LogP contribution in [0, 0.1) is 12.8 Å². The molecule has 1 saturated heterocycles. The Hall–Kier alpha value is -2.92. The third kappa shape index (κ3) is 3.34. The van der Waals surface area contributed by atoms with Gasteiger partial charge in [-0.05, 0) is 50.4 Å². The molecule has 0 saturated carbocycles. The molecule has 1 aliphatic heterocycles. The Bertz CT molecular complexity index is 979. The van der Waals surface area contributed by atoms with E-state index >= 15 is 0 Å². The molecule has 2 atom stereocenters. The third-order valence-electron chi connectivity index (χ3n) is 5.62. The Labute approximate surface area is 165 Å². The van der Waals surface area contributed by atoms with Crippen LogP contribution in [0.3, 0.4) is 0 Å². The minimum absolute atomic E-state index is 0.0314. The summed E-state index contributed by atoms with van der Waals surface area (Å²) in [4.78, 5) is 15.5. The Kier molecular flexibility index (Phi) is 5.01. The lowest BCUT2D eigenvalue weighted by Crippen LogP contribution is -2.34. The number of para-hydroxylation sites is 1. The molecule has 1 amide bonds. The van der Waals surface area contributed by atoms with Gasteiger partial charge in [0.2, 0.25) is 0 Å². The fourth-order valence-corrected chi connectivity index (χ4v) is 4.03. The van der Waals surface area contributed by atoms with Crippen molar-refractivity contribution in [3.8, 4) is 16.9 Å². The monoisotopic (exact) mass is 374 g/mol. The largest absolute Gasteiger partial charge is 0.335 e. The van der Waals surface area contributed by atoms with Gasteiger partial charge in [0.1, 0.15) is 5.69 Å². The van der Waals surface area contributed by atoms with Crippen molar-refractivity contribution in [1.29, 1.82) is 0 Å². The van der Waals surface area contributed by atoms with E-state index in [2.05, 4.69) is 6.92 Å². The highest BCUT2D eigenvalue weighted by molar-refractivity contribution is 6.00. The molecule has 4 rings (SSSR count). The lowest BCUT2D eigenvalue weighted by Gasteiger charge is -2.21. The van der Waals surface area contributed by atoms with Crippen LogP contribution in [0.25, 0.3) is 16.9 Å². The molecule has 1 fully saturated rings. The second-order valence-corrected chi connectivity index (χ2v) is 7.63. The van der Waals surface area contributed by atoms with Crippen LogP contribution in [0.4, 0.5) is 0 Å². The first-order chi connectivity index (χ1) is 13.6. The molecule has 3 aromatic rings. The van der Waals surface area contributed by atoms with E-state index in [0.717, 1.165) is 28.9 Å². The maximum absolute atomic E-state index is 13.5. The summed E-state index contributed by atoms with van der Waals surface area (Å²) in [5.74, 6) is 0.397. The molecule has 2 N–H and O–H groups in total. The fourth-order valence-electron chi connectivity index (χ4n) is 4.03. The average molecular weight is 374 g/mol.